The molecule has 0 saturated heterocycles. The third-order valence-electron chi connectivity index (χ3n) is 3.93. The van der Waals surface area contributed by atoms with Gasteiger partial charge in [-0.3, -0.25) is 14.9 Å². The molecule has 12 heteroatoms. The highest BCUT2D eigenvalue weighted by atomic mass is 32.2. The van der Waals surface area contributed by atoms with Gasteiger partial charge in [-0.2, -0.15) is 0 Å². The van der Waals surface area contributed by atoms with Crippen molar-refractivity contribution in [1.29, 1.82) is 0 Å². The molecule has 0 radical (unpaired) electrons. The van der Waals surface area contributed by atoms with Crippen molar-refractivity contribution in [1.82, 2.24) is 19.5 Å². The van der Waals surface area contributed by atoms with Crippen LogP contribution in [0.1, 0.15) is 22.0 Å². The lowest BCUT2D eigenvalue weighted by atomic mass is 10.2. The zero-order chi connectivity index (χ0) is 21.3. The molecule has 29 heavy (non-hydrogen) atoms. The predicted molar refractivity (Wildman–Crippen MR) is 98.5 cm³/mol. The number of aromatic nitrogens is 3. The largest absolute Gasteiger partial charge is 0.304 e. The van der Waals surface area contributed by atoms with Gasteiger partial charge in [-0.25, -0.2) is 27.2 Å². The van der Waals surface area contributed by atoms with Crippen molar-refractivity contribution in [2.24, 2.45) is 0 Å². The Hall–Kier alpha value is -3.67. The van der Waals surface area contributed by atoms with Gasteiger partial charge in [0, 0.05) is 12.1 Å². The molecule has 0 aliphatic rings. The monoisotopic (exact) mass is 419 g/mol. The van der Waals surface area contributed by atoms with Gasteiger partial charge in [0.2, 0.25) is 5.82 Å². The maximum absolute atomic E-state index is 13.1. The van der Waals surface area contributed by atoms with Crippen molar-refractivity contribution in [3.05, 3.63) is 75.6 Å². The number of non-ortho nitro benzene ring substituents is 1. The van der Waals surface area contributed by atoms with E-state index in [-0.39, 0.29) is 22.0 Å². The molecule has 0 fully saturated rings. The maximum Gasteiger partial charge on any atom is 0.304 e. The molecule has 0 aliphatic heterocycles. The standard InChI is InChI=1S/C17H14FN5O5S/c1-10-9-14(23(25)26)7-8-15(10)29(27,28)21-17(24)16-19-11(2)22(20-16)13-5-3-12(18)4-6-13/h3-9H,1-2H3,(H,21,24). The van der Waals surface area contributed by atoms with Crippen molar-refractivity contribution >= 4 is 21.6 Å². The number of amides is 1. The van der Waals surface area contributed by atoms with E-state index < -0.39 is 32.5 Å². The summed E-state index contributed by atoms with van der Waals surface area (Å²) < 4.78 is 41.2. The highest BCUT2D eigenvalue weighted by Crippen LogP contribution is 2.21. The minimum atomic E-state index is -4.32. The number of benzene rings is 2. The van der Waals surface area contributed by atoms with Gasteiger partial charge in [0.15, 0.2) is 0 Å². The maximum atomic E-state index is 13.1. The Labute approximate surface area is 164 Å². The number of carbonyl (C=O) groups excluding carboxylic acids is 1. The summed E-state index contributed by atoms with van der Waals surface area (Å²) in [6, 6.07) is 8.42. The number of rotatable bonds is 5. The average Bonchev–Trinajstić information content (AvgIpc) is 3.03. The molecule has 1 N–H and O–H groups in total. The Morgan fingerprint density at radius 1 is 1.17 bits per heavy atom. The van der Waals surface area contributed by atoms with E-state index in [4.69, 9.17) is 0 Å². The van der Waals surface area contributed by atoms with Crippen LogP contribution in [0.15, 0.2) is 47.4 Å². The number of carbonyl (C=O) groups is 1. The molecular weight excluding hydrogens is 405 g/mol. The Morgan fingerprint density at radius 3 is 2.41 bits per heavy atom. The second kappa shape index (κ2) is 7.39. The highest BCUT2D eigenvalue weighted by molar-refractivity contribution is 7.90. The van der Waals surface area contributed by atoms with Crippen LogP contribution in [0.5, 0.6) is 0 Å². The van der Waals surface area contributed by atoms with Gasteiger partial charge in [-0.05, 0) is 49.7 Å². The fourth-order valence-electron chi connectivity index (χ4n) is 2.58. The van der Waals surface area contributed by atoms with Crippen LogP contribution in [0.3, 0.4) is 0 Å². The number of nitro groups is 1. The van der Waals surface area contributed by atoms with Crippen LogP contribution in [0.4, 0.5) is 10.1 Å². The summed E-state index contributed by atoms with van der Waals surface area (Å²) in [5, 5.41) is 14.8. The zero-order valence-electron chi connectivity index (χ0n) is 15.2. The van der Waals surface area contributed by atoms with Gasteiger partial charge in [-0.1, -0.05) is 0 Å². The second-order valence-electron chi connectivity index (χ2n) is 6.01. The number of nitrogens with zero attached hydrogens (tertiary/aromatic N) is 4. The number of sulfonamides is 1. The summed E-state index contributed by atoms with van der Waals surface area (Å²) >= 11 is 0. The van der Waals surface area contributed by atoms with Crippen LogP contribution in [0.2, 0.25) is 0 Å². The molecule has 2 aromatic carbocycles. The predicted octanol–water partition coefficient (Wildman–Crippen LogP) is 2.05. The number of hydrogen-bond donors (Lipinski definition) is 1. The van der Waals surface area contributed by atoms with Gasteiger partial charge in [-0.15, -0.1) is 5.10 Å². The number of aryl methyl sites for hydroxylation is 2. The van der Waals surface area contributed by atoms with Gasteiger partial charge in [0.05, 0.1) is 15.5 Å². The number of nitro benzene ring substituents is 1. The van der Waals surface area contributed by atoms with E-state index in [9.17, 15) is 27.7 Å². The fourth-order valence-corrected chi connectivity index (χ4v) is 3.76. The number of halogens is 1. The molecule has 150 valence electrons. The SMILES string of the molecule is Cc1cc([N+](=O)[O-])ccc1S(=O)(=O)NC(=O)c1nc(C)n(-c2ccc(F)cc2)n1. The molecule has 0 bridgehead atoms. The van der Waals surface area contributed by atoms with Gasteiger partial charge < -0.3 is 0 Å². The van der Waals surface area contributed by atoms with E-state index in [2.05, 4.69) is 10.1 Å². The van der Waals surface area contributed by atoms with Crippen LogP contribution in [-0.2, 0) is 10.0 Å². The first-order valence-electron chi connectivity index (χ1n) is 8.10. The van der Waals surface area contributed by atoms with Gasteiger partial charge in [0.1, 0.15) is 11.6 Å². The quantitative estimate of drug-likeness (QED) is 0.493. The molecule has 0 atom stereocenters. The lowest BCUT2D eigenvalue weighted by Gasteiger charge is -2.08. The first kappa shape index (κ1) is 20.1. The van der Waals surface area contributed by atoms with Crippen LogP contribution in [0.25, 0.3) is 5.69 Å². The van der Waals surface area contributed by atoms with E-state index in [0.29, 0.717) is 5.69 Å². The normalized spacial score (nSPS) is 11.3. The van der Waals surface area contributed by atoms with Crippen LogP contribution < -0.4 is 4.72 Å². The third kappa shape index (κ3) is 4.11. The minimum absolute atomic E-state index is 0.0977. The van der Waals surface area contributed by atoms with Crippen LogP contribution in [0, 0.1) is 29.8 Å². The fraction of sp³-hybridized carbons (Fsp3) is 0.118. The van der Waals surface area contributed by atoms with Crippen LogP contribution in [-0.4, -0.2) is 34.0 Å². The van der Waals surface area contributed by atoms with Crippen molar-refractivity contribution in [3.8, 4) is 5.69 Å². The van der Waals surface area contributed by atoms with E-state index in [1.807, 2.05) is 4.72 Å². The van der Waals surface area contributed by atoms with Crippen molar-refractivity contribution in [3.63, 3.8) is 0 Å². The molecule has 0 spiro atoms. The van der Waals surface area contributed by atoms with E-state index in [1.54, 1.807) is 6.92 Å². The average molecular weight is 419 g/mol. The zero-order valence-corrected chi connectivity index (χ0v) is 16.0. The molecule has 1 heterocycles. The molecule has 1 aromatic heterocycles. The second-order valence-corrected chi connectivity index (χ2v) is 7.66. The molecule has 1 amide bonds. The Morgan fingerprint density at radius 2 is 1.83 bits per heavy atom. The van der Waals surface area contributed by atoms with Crippen molar-refractivity contribution in [2.45, 2.75) is 18.7 Å². The Kier molecular flexibility index (Phi) is 5.12. The van der Waals surface area contributed by atoms with Crippen molar-refractivity contribution < 1.29 is 22.5 Å². The molecule has 10 nitrogen and oxygen atoms in total. The summed E-state index contributed by atoms with van der Waals surface area (Å²) in [6.45, 7) is 2.92. The molecule has 0 saturated carbocycles. The van der Waals surface area contributed by atoms with Gasteiger partial charge >= 0.3 is 5.91 Å². The van der Waals surface area contributed by atoms with Gasteiger partial charge in [0.25, 0.3) is 15.7 Å². The van der Waals surface area contributed by atoms with Crippen molar-refractivity contribution in [2.75, 3.05) is 0 Å². The number of nitrogens with one attached hydrogen (secondary N) is 1. The summed E-state index contributed by atoms with van der Waals surface area (Å²) in [4.78, 5) is 26.2. The highest BCUT2D eigenvalue weighted by Gasteiger charge is 2.25. The molecular formula is C17H14FN5O5S. The molecule has 3 rings (SSSR count). The van der Waals surface area contributed by atoms with E-state index >= 15 is 0 Å². The Bertz CT molecular complexity index is 1220. The summed E-state index contributed by atoms with van der Waals surface area (Å²) in [6.07, 6.45) is 0. The van der Waals surface area contributed by atoms with Crippen LogP contribution >= 0.6 is 0 Å². The molecule has 3 aromatic rings. The first-order chi connectivity index (χ1) is 13.6. The number of hydrogen-bond acceptors (Lipinski definition) is 7. The summed E-state index contributed by atoms with van der Waals surface area (Å²) in [5.41, 5.74) is 0.258. The molecule has 0 aliphatic carbocycles. The third-order valence-corrected chi connectivity index (χ3v) is 5.42. The topological polar surface area (TPSA) is 137 Å². The van der Waals surface area contributed by atoms with E-state index in [1.165, 1.54) is 35.9 Å². The van der Waals surface area contributed by atoms with E-state index in [0.717, 1.165) is 18.2 Å². The summed E-state index contributed by atoms with van der Waals surface area (Å²) in [5.74, 6) is -1.65. The smallest absolute Gasteiger partial charge is 0.264 e. The lowest BCUT2D eigenvalue weighted by molar-refractivity contribution is -0.385. The first-order valence-corrected chi connectivity index (χ1v) is 9.58. The summed E-state index contributed by atoms with van der Waals surface area (Å²) in [7, 11) is -4.32. The Balaban J connectivity index is 1.87. The lowest BCUT2D eigenvalue weighted by Crippen LogP contribution is -2.32. The molecule has 0 unspecified atom stereocenters. The minimum Gasteiger partial charge on any atom is -0.264 e.